The molecule has 1 unspecified atom stereocenters. The molecule has 2 heterocycles. The number of hydrogen-bond donors (Lipinski definition) is 2. The minimum atomic E-state index is -1.08. The Hall–Kier alpha value is -3.53. The number of carbonyl (C=O) groups is 3. The minimum Gasteiger partial charge on any atom is -0.449 e. The van der Waals surface area contributed by atoms with Crippen LogP contribution in [0, 0.1) is 6.92 Å². The third kappa shape index (κ3) is 4.23. The number of anilines is 1. The molecule has 0 radical (unpaired) electrons. The van der Waals surface area contributed by atoms with Gasteiger partial charge in [-0.15, -0.1) is 11.3 Å². The summed E-state index contributed by atoms with van der Waals surface area (Å²) < 4.78 is 10.2. The molecule has 144 valence electrons. The molecule has 2 amide bonds. The van der Waals surface area contributed by atoms with Crippen molar-refractivity contribution in [2.24, 2.45) is 5.73 Å². The lowest BCUT2D eigenvalue weighted by Gasteiger charge is -2.13. The summed E-state index contributed by atoms with van der Waals surface area (Å²) in [4.78, 5) is 39.9. The number of carbonyl (C=O) groups excluding carboxylic acids is 3. The van der Waals surface area contributed by atoms with E-state index in [1.54, 1.807) is 24.4 Å². The largest absolute Gasteiger partial charge is 0.449 e. The predicted octanol–water partition coefficient (Wildman–Crippen LogP) is 2.39. The fourth-order valence-electron chi connectivity index (χ4n) is 2.26. The van der Waals surface area contributed by atoms with Gasteiger partial charge in [0.1, 0.15) is 5.00 Å². The summed E-state index contributed by atoms with van der Waals surface area (Å²) in [6.07, 6.45) is -1.08. The van der Waals surface area contributed by atoms with Gasteiger partial charge in [0.05, 0.1) is 11.1 Å². The molecule has 10 heteroatoms. The van der Waals surface area contributed by atoms with Crippen molar-refractivity contribution in [3.05, 3.63) is 52.7 Å². The third-order valence-electron chi connectivity index (χ3n) is 3.72. The second-order valence-electron chi connectivity index (χ2n) is 5.79. The molecule has 0 saturated carbocycles. The number of ether oxygens (including phenoxy) is 1. The number of nitrogens with one attached hydrogen (secondary N) is 1. The predicted molar refractivity (Wildman–Crippen MR) is 101 cm³/mol. The molecule has 0 aliphatic carbocycles. The van der Waals surface area contributed by atoms with Crippen LogP contribution in [0.25, 0.3) is 11.5 Å². The molecule has 2 aromatic heterocycles. The van der Waals surface area contributed by atoms with Crippen molar-refractivity contribution in [3.63, 3.8) is 0 Å². The van der Waals surface area contributed by atoms with Crippen LogP contribution in [0.4, 0.5) is 5.00 Å². The Balaban J connectivity index is 1.62. The van der Waals surface area contributed by atoms with E-state index < -0.39 is 23.9 Å². The third-order valence-corrected chi connectivity index (χ3v) is 4.55. The summed E-state index contributed by atoms with van der Waals surface area (Å²) in [6.45, 7) is 3.13. The maximum atomic E-state index is 12.3. The molecule has 3 N–H and O–H groups in total. The van der Waals surface area contributed by atoms with Gasteiger partial charge in [0.25, 0.3) is 17.7 Å². The van der Waals surface area contributed by atoms with Crippen LogP contribution in [0.1, 0.15) is 33.5 Å². The van der Waals surface area contributed by atoms with Crippen molar-refractivity contribution < 1.29 is 23.6 Å². The monoisotopic (exact) mass is 400 g/mol. The number of esters is 1. The number of aryl methyl sites for hydroxylation is 1. The van der Waals surface area contributed by atoms with E-state index in [1.807, 2.05) is 0 Å². The molecule has 0 spiro atoms. The average Bonchev–Trinajstić information content (AvgIpc) is 3.30. The number of nitrogens with two attached hydrogens (primary N) is 1. The van der Waals surface area contributed by atoms with Gasteiger partial charge in [-0.1, -0.05) is 5.16 Å². The topological polar surface area (TPSA) is 137 Å². The zero-order valence-electron chi connectivity index (χ0n) is 15.0. The van der Waals surface area contributed by atoms with E-state index in [1.165, 1.54) is 25.1 Å². The van der Waals surface area contributed by atoms with Crippen LogP contribution in [0.3, 0.4) is 0 Å². The number of nitrogens with zero attached hydrogens (tertiary/aromatic N) is 2. The zero-order valence-corrected chi connectivity index (χ0v) is 15.8. The quantitative estimate of drug-likeness (QED) is 0.606. The first-order valence-corrected chi connectivity index (χ1v) is 9.03. The van der Waals surface area contributed by atoms with Gasteiger partial charge < -0.3 is 20.3 Å². The number of rotatable bonds is 6. The molecule has 28 heavy (non-hydrogen) atoms. The summed E-state index contributed by atoms with van der Waals surface area (Å²) in [5, 5.41) is 8.17. The van der Waals surface area contributed by atoms with Crippen LogP contribution in [-0.4, -0.2) is 34.0 Å². The Labute approximate surface area is 163 Å². The van der Waals surface area contributed by atoms with E-state index in [0.717, 1.165) is 11.3 Å². The summed E-state index contributed by atoms with van der Waals surface area (Å²) in [5.74, 6) is -1.05. The van der Waals surface area contributed by atoms with Crippen LogP contribution < -0.4 is 11.1 Å². The van der Waals surface area contributed by atoms with E-state index in [2.05, 4.69) is 15.5 Å². The van der Waals surface area contributed by atoms with Crippen molar-refractivity contribution in [1.29, 1.82) is 0 Å². The zero-order chi connectivity index (χ0) is 20.3. The van der Waals surface area contributed by atoms with E-state index in [4.69, 9.17) is 15.0 Å². The summed E-state index contributed by atoms with van der Waals surface area (Å²) in [5.41, 5.74) is 6.35. The Kier molecular flexibility index (Phi) is 5.50. The highest BCUT2D eigenvalue weighted by molar-refractivity contribution is 7.14. The number of amides is 2. The number of benzene rings is 1. The average molecular weight is 400 g/mol. The molecule has 3 rings (SSSR count). The maximum absolute atomic E-state index is 12.3. The van der Waals surface area contributed by atoms with Crippen molar-refractivity contribution in [2.45, 2.75) is 20.0 Å². The summed E-state index contributed by atoms with van der Waals surface area (Å²) in [7, 11) is 0. The van der Waals surface area contributed by atoms with E-state index in [9.17, 15) is 14.4 Å². The van der Waals surface area contributed by atoms with Crippen molar-refractivity contribution >= 4 is 34.1 Å². The lowest BCUT2D eigenvalue weighted by Crippen LogP contribution is -2.30. The van der Waals surface area contributed by atoms with Crippen molar-refractivity contribution in [1.82, 2.24) is 10.1 Å². The van der Waals surface area contributed by atoms with Gasteiger partial charge in [0.15, 0.2) is 11.9 Å². The Morgan fingerprint density at radius 3 is 2.54 bits per heavy atom. The highest BCUT2D eigenvalue weighted by Gasteiger charge is 2.21. The Bertz CT molecular complexity index is 1020. The van der Waals surface area contributed by atoms with Crippen LogP contribution in [0.5, 0.6) is 0 Å². The summed E-state index contributed by atoms with van der Waals surface area (Å²) in [6, 6.07) is 7.85. The number of thiophene rings is 1. The lowest BCUT2D eigenvalue weighted by atomic mass is 10.1. The first-order valence-electron chi connectivity index (χ1n) is 8.15. The molecule has 3 aromatic rings. The van der Waals surface area contributed by atoms with Gasteiger partial charge in [-0.3, -0.25) is 9.59 Å². The fourth-order valence-corrected chi connectivity index (χ4v) is 3.05. The van der Waals surface area contributed by atoms with Crippen molar-refractivity contribution in [3.8, 4) is 11.5 Å². The SMILES string of the molecule is Cc1noc(-c2ccc(C(=O)OC(C)C(=O)Nc3sccc3C(N)=O)cc2)n1. The molecule has 0 aliphatic rings. The molecule has 0 bridgehead atoms. The molecule has 0 fully saturated rings. The van der Waals surface area contributed by atoms with Gasteiger partial charge in [0, 0.05) is 5.56 Å². The Morgan fingerprint density at radius 2 is 1.93 bits per heavy atom. The Morgan fingerprint density at radius 1 is 1.21 bits per heavy atom. The molecule has 1 aromatic carbocycles. The normalized spacial score (nSPS) is 11.6. The highest BCUT2D eigenvalue weighted by Crippen LogP contribution is 2.23. The van der Waals surface area contributed by atoms with Crippen LogP contribution in [0.15, 0.2) is 40.2 Å². The summed E-state index contributed by atoms with van der Waals surface area (Å²) >= 11 is 1.15. The second kappa shape index (κ2) is 8.01. The van der Waals surface area contributed by atoms with Crippen LogP contribution >= 0.6 is 11.3 Å². The molecule has 9 nitrogen and oxygen atoms in total. The van der Waals surface area contributed by atoms with Crippen LogP contribution in [0.2, 0.25) is 0 Å². The molecular weight excluding hydrogens is 384 g/mol. The van der Waals surface area contributed by atoms with Crippen LogP contribution in [-0.2, 0) is 9.53 Å². The van der Waals surface area contributed by atoms with Crippen molar-refractivity contribution in [2.75, 3.05) is 5.32 Å². The molecule has 0 saturated heterocycles. The second-order valence-corrected chi connectivity index (χ2v) is 6.70. The van der Waals surface area contributed by atoms with Gasteiger partial charge in [-0.05, 0) is 49.6 Å². The van der Waals surface area contributed by atoms with E-state index >= 15 is 0 Å². The van der Waals surface area contributed by atoms with Gasteiger partial charge >= 0.3 is 5.97 Å². The van der Waals surface area contributed by atoms with Gasteiger partial charge in [-0.25, -0.2) is 4.79 Å². The van der Waals surface area contributed by atoms with Gasteiger partial charge in [0.2, 0.25) is 0 Å². The van der Waals surface area contributed by atoms with Gasteiger partial charge in [-0.2, -0.15) is 4.98 Å². The molecule has 0 aliphatic heterocycles. The highest BCUT2D eigenvalue weighted by atomic mass is 32.1. The molecular formula is C18H16N4O5S. The standard InChI is InChI=1S/C18H16N4O5S/c1-9(15(24)21-17-13(14(19)23)7-8-28-17)26-18(25)12-5-3-11(4-6-12)16-20-10(2)22-27-16/h3-9H,1-2H3,(H2,19,23)(H,21,24). The molecule has 1 atom stereocenters. The minimum absolute atomic E-state index is 0.198. The maximum Gasteiger partial charge on any atom is 0.338 e. The number of aromatic nitrogens is 2. The first-order chi connectivity index (χ1) is 13.3. The first kappa shape index (κ1) is 19.2. The van der Waals surface area contributed by atoms with E-state index in [-0.39, 0.29) is 11.1 Å². The van der Waals surface area contributed by atoms with E-state index in [0.29, 0.717) is 22.3 Å². The lowest BCUT2D eigenvalue weighted by molar-refractivity contribution is -0.123. The number of hydrogen-bond acceptors (Lipinski definition) is 8. The number of primary amides is 1. The fraction of sp³-hybridized carbons (Fsp3) is 0.167. The smallest absolute Gasteiger partial charge is 0.338 e.